The molecule has 0 bridgehead atoms. The van der Waals surface area contributed by atoms with Gasteiger partial charge in [-0.05, 0) is 18.9 Å². The molecular weight excluding hydrogens is 254 g/mol. The number of carbonyl (C=O) groups is 1. The molecule has 2 rings (SSSR count). The van der Waals surface area contributed by atoms with Crippen LogP contribution in [0.1, 0.15) is 23.9 Å². The molecule has 1 atom stereocenters. The highest BCUT2D eigenvalue weighted by molar-refractivity contribution is 5.77. The largest absolute Gasteiger partial charge is 0.387 e. The molecular formula is C15H19N3O2. The lowest BCUT2D eigenvalue weighted by molar-refractivity contribution is -0.124. The molecule has 5 heteroatoms. The highest BCUT2D eigenvalue weighted by Gasteiger charge is 2.14. The number of benzene rings is 1. The number of aryl methyl sites for hydroxylation is 2. The quantitative estimate of drug-likeness (QED) is 0.836. The first kappa shape index (κ1) is 14.3. The normalized spacial score (nSPS) is 12.1. The summed E-state index contributed by atoms with van der Waals surface area (Å²) in [6.07, 6.45) is 4.43. The smallest absolute Gasteiger partial charge is 0.246 e. The molecule has 20 heavy (non-hydrogen) atoms. The molecule has 1 heterocycles. The number of hydrogen-bond acceptors (Lipinski definition) is 3. The van der Waals surface area contributed by atoms with Crippen LogP contribution >= 0.6 is 0 Å². The lowest BCUT2D eigenvalue weighted by Gasteiger charge is -2.19. The molecule has 0 spiro atoms. The van der Waals surface area contributed by atoms with Crippen molar-refractivity contribution in [1.29, 1.82) is 0 Å². The molecule has 5 nitrogen and oxygen atoms in total. The fourth-order valence-electron chi connectivity index (χ4n) is 2.16. The summed E-state index contributed by atoms with van der Waals surface area (Å²) in [5, 5.41) is 11.7. The Morgan fingerprint density at radius 3 is 2.75 bits per heavy atom. The predicted molar refractivity (Wildman–Crippen MR) is 76.0 cm³/mol. The summed E-state index contributed by atoms with van der Waals surface area (Å²) in [4.78, 5) is 15.6. The number of hydrogen-bond donors (Lipinski definition) is 2. The second-order valence-corrected chi connectivity index (χ2v) is 4.65. The number of rotatable bonds is 6. The topological polar surface area (TPSA) is 67.2 Å². The molecule has 0 unspecified atom stereocenters. The Bertz CT molecular complexity index is 551. The van der Waals surface area contributed by atoms with E-state index in [1.165, 1.54) is 0 Å². The summed E-state index contributed by atoms with van der Waals surface area (Å²) >= 11 is 0. The summed E-state index contributed by atoms with van der Waals surface area (Å²) in [5.74, 6) is 0.589. The van der Waals surface area contributed by atoms with E-state index in [2.05, 4.69) is 10.3 Å². The van der Waals surface area contributed by atoms with Crippen molar-refractivity contribution in [1.82, 2.24) is 14.9 Å². The van der Waals surface area contributed by atoms with Crippen LogP contribution in [0.25, 0.3) is 0 Å². The fourth-order valence-corrected chi connectivity index (χ4v) is 2.16. The Balaban J connectivity index is 2.07. The van der Waals surface area contributed by atoms with Crippen molar-refractivity contribution in [2.45, 2.75) is 25.9 Å². The Labute approximate surface area is 118 Å². The minimum Gasteiger partial charge on any atom is -0.387 e. The maximum absolute atomic E-state index is 11.4. The fraction of sp³-hybridized carbons (Fsp3) is 0.333. The molecule has 0 fully saturated rings. The van der Waals surface area contributed by atoms with Crippen molar-refractivity contribution in [3.05, 3.63) is 54.1 Å². The van der Waals surface area contributed by atoms with E-state index in [0.29, 0.717) is 0 Å². The molecule has 1 aromatic heterocycles. The summed E-state index contributed by atoms with van der Waals surface area (Å²) in [7, 11) is 0. The van der Waals surface area contributed by atoms with Gasteiger partial charge >= 0.3 is 0 Å². The number of nitrogens with zero attached hydrogens (tertiary/aromatic N) is 2. The highest BCUT2D eigenvalue weighted by Crippen LogP contribution is 2.17. The molecule has 1 aromatic carbocycles. The highest BCUT2D eigenvalue weighted by atomic mass is 16.3. The van der Waals surface area contributed by atoms with E-state index < -0.39 is 6.61 Å². The molecule has 0 saturated heterocycles. The van der Waals surface area contributed by atoms with Crippen molar-refractivity contribution in [2.75, 3.05) is 6.61 Å². The van der Waals surface area contributed by atoms with Crippen LogP contribution < -0.4 is 5.32 Å². The minimum absolute atomic E-state index is 0.113. The van der Waals surface area contributed by atoms with Gasteiger partial charge in [-0.1, -0.05) is 30.3 Å². The molecule has 106 valence electrons. The number of nitrogens with one attached hydrogen (secondary N) is 1. The molecule has 1 amide bonds. The van der Waals surface area contributed by atoms with Gasteiger partial charge in [0.15, 0.2) is 0 Å². The summed E-state index contributed by atoms with van der Waals surface area (Å²) in [6.45, 7) is 2.22. The van der Waals surface area contributed by atoms with E-state index in [1.807, 2.05) is 48.0 Å². The van der Waals surface area contributed by atoms with E-state index in [9.17, 15) is 4.79 Å². The maximum atomic E-state index is 11.4. The van der Waals surface area contributed by atoms with Crippen molar-refractivity contribution >= 4 is 5.91 Å². The van der Waals surface area contributed by atoms with Gasteiger partial charge in [0, 0.05) is 18.9 Å². The Kier molecular flexibility index (Phi) is 4.90. The number of imidazole rings is 1. The number of amides is 1. The molecule has 0 aliphatic heterocycles. The van der Waals surface area contributed by atoms with Crippen LogP contribution in [0.4, 0.5) is 0 Å². The van der Waals surface area contributed by atoms with Crippen LogP contribution in [-0.2, 0) is 11.3 Å². The van der Waals surface area contributed by atoms with Crippen molar-refractivity contribution < 1.29 is 9.90 Å². The monoisotopic (exact) mass is 273 g/mol. The van der Waals surface area contributed by atoms with Crippen LogP contribution in [0.2, 0.25) is 0 Å². The zero-order valence-corrected chi connectivity index (χ0v) is 11.5. The average molecular weight is 273 g/mol. The van der Waals surface area contributed by atoms with Crippen LogP contribution in [0, 0.1) is 6.92 Å². The molecule has 0 radical (unpaired) electrons. The molecule has 0 aliphatic carbocycles. The molecule has 2 N–H and O–H groups in total. The average Bonchev–Trinajstić information content (AvgIpc) is 2.89. The van der Waals surface area contributed by atoms with E-state index >= 15 is 0 Å². The lowest BCUT2D eigenvalue weighted by atomic mass is 10.0. The number of aromatic nitrogens is 2. The Hall–Kier alpha value is -2.14. The number of aliphatic hydroxyl groups is 1. The second kappa shape index (κ2) is 6.86. The van der Waals surface area contributed by atoms with Crippen LogP contribution in [0.15, 0.2) is 42.7 Å². The van der Waals surface area contributed by atoms with Gasteiger partial charge < -0.3 is 15.0 Å². The number of carbonyl (C=O) groups excluding carboxylic acids is 1. The van der Waals surface area contributed by atoms with E-state index in [0.717, 1.165) is 24.4 Å². The lowest BCUT2D eigenvalue weighted by Crippen LogP contribution is -2.31. The van der Waals surface area contributed by atoms with Gasteiger partial charge in [-0.15, -0.1) is 0 Å². The van der Waals surface area contributed by atoms with Crippen LogP contribution in [0.5, 0.6) is 0 Å². The van der Waals surface area contributed by atoms with E-state index in [4.69, 9.17) is 5.11 Å². The zero-order valence-electron chi connectivity index (χ0n) is 11.5. The van der Waals surface area contributed by atoms with Crippen LogP contribution in [-0.4, -0.2) is 27.2 Å². The first-order valence-electron chi connectivity index (χ1n) is 6.63. The molecule has 0 saturated carbocycles. The summed E-state index contributed by atoms with van der Waals surface area (Å²) in [5.41, 5.74) is 1.03. The van der Waals surface area contributed by atoms with Gasteiger partial charge in [-0.25, -0.2) is 4.98 Å². The van der Waals surface area contributed by atoms with Gasteiger partial charge in [0.25, 0.3) is 0 Å². The first-order valence-corrected chi connectivity index (χ1v) is 6.63. The first-order chi connectivity index (χ1) is 9.70. The van der Waals surface area contributed by atoms with E-state index in [-0.39, 0.29) is 11.9 Å². The standard InChI is InChI=1S/C15H19N3O2/c1-12-16-8-10-18(12)9-7-14(17-15(20)11-19)13-5-3-2-4-6-13/h2-6,8,10,14,19H,7,9,11H2,1H3,(H,17,20)/t14-/m0/s1. The van der Waals surface area contributed by atoms with Gasteiger partial charge in [0.2, 0.25) is 5.91 Å². The predicted octanol–water partition coefficient (Wildman–Crippen LogP) is 1.43. The van der Waals surface area contributed by atoms with Gasteiger partial charge in [0.05, 0.1) is 6.04 Å². The second-order valence-electron chi connectivity index (χ2n) is 4.65. The van der Waals surface area contributed by atoms with E-state index in [1.54, 1.807) is 6.20 Å². The van der Waals surface area contributed by atoms with Gasteiger partial charge in [-0.3, -0.25) is 4.79 Å². The van der Waals surface area contributed by atoms with Crippen molar-refractivity contribution in [2.24, 2.45) is 0 Å². The Morgan fingerprint density at radius 2 is 2.15 bits per heavy atom. The van der Waals surface area contributed by atoms with Gasteiger partial charge in [-0.2, -0.15) is 0 Å². The third-order valence-corrected chi connectivity index (χ3v) is 3.26. The third kappa shape index (κ3) is 3.68. The Morgan fingerprint density at radius 1 is 1.40 bits per heavy atom. The van der Waals surface area contributed by atoms with Crippen molar-refractivity contribution in [3.63, 3.8) is 0 Å². The minimum atomic E-state index is -0.493. The number of aliphatic hydroxyl groups excluding tert-OH is 1. The molecule has 2 aromatic rings. The maximum Gasteiger partial charge on any atom is 0.246 e. The third-order valence-electron chi connectivity index (χ3n) is 3.26. The van der Waals surface area contributed by atoms with Gasteiger partial charge in [0.1, 0.15) is 12.4 Å². The molecule has 0 aliphatic rings. The summed E-state index contributed by atoms with van der Waals surface area (Å²) in [6, 6.07) is 9.66. The SMILES string of the molecule is Cc1nccn1CC[C@H](NC(=O)CO)c1ccccc1. The van der Waals surface area contributed by atoms with Crippen molar-refractivity contribution in [3.8, 4) is 0 Å². The zero-order chi connectivity index (χ0) is 14.4. The van der Waals surface area contributed by atoms with Crippen LogP contribution in [0.3, 0.4) is 0 Å². The summed E-state index contributed by atoms with van der Waals surface area (Å²) < 4.78 is 2.04.